The second kappa shape index (κ2) is 4.51. The Hall–Kier alpha value is -1.72. The topological polar surface area (TPSA) is 23.8 Å². The number of rotatable bonds is 2. The van der Waals surface area contributed by atoms with Crippen molar-refractivity contribution < 1.29 is 0 Å². The van der Waals surface area contributed by atoms with Gasteiger partial charge in [0.1, 0.15) is 6.07 Å². The van der Waals surface area contributed by atoms with E-state index < -0.39 is 0 Å². The molecule has 3 rings (SSSR count). The van der Waals surface area contributed by atoms with Crippen LogP contribution < -0.4 is 0 Å². The highest BCUT2D eigenvalue weighted by Gasteiger charge is 2.24. The fourth-order valence-electron chi connectivity index (χ4n) is 2.55. The Morgan fingerprint density at radius 2 is 1.83 bits per heavy atom. The van der Waals surface area contributed by atoms with E-state index in [0.29, 0.717) is 0 Å². The van der Waals surface area contributed by atoms with E-state index in [-0.39, 0.29) is 0 Å². The lowest BCUT2D eigenvalue weighted by Crippen LogP contribution is -2.13. The molecule has 0 spiro atoms. The maximum Gasteiger partial charge on any atom is 0.101 e. The summed E-state index contributed by atoms with van der Waals surface area (Å²) in [6.07, 6.45) is 4.19. The summed E-state index contributed by atoms with van der Waals surface area (Å²) in [6.45, 7) is 0. The van der Waals surface area contributed by atoms with Crippen molar-refractivity contribution in [1.29, 1.82) is 5.26 Å². The van der Waals surface area contributed by atoms with Gasteiger partial charge in [-0.05, 0) is 47.4 Å². The summed E-state index contributed by atoms with van der Waals surface area (Å²) < 4.78 is 0. The second-order valence-electron chi connectivity index (χ2n) is 4.44. The molecule has 1 nitrogen and oxygen atoms in total. The summed E-state index contributed by atoms with van der Waals surface area (Å²) in [7, 11) is 0. The molecule has 2 aromatic rings. The zero-order valence-corrected chi connectivity index (χ0v) is 11.1. The van der Waals surface area contributed by atoms with E-state index in [0.717, 1.165) is 23.3 Å². The molecular formula is C16H13NS. The van der Waals surface area contributed by atoms with E-state index >= 15 is 0 Å². The Morgan fingerprint density at radius 3 is 2.39 bits per heavy atom. The highest BCUT2D eigenvalue weighted by Crippen LogP contribution is 2.40. The van der Waals surface area contributed by atoms with Crippen LogP contribution in [0.3, 0.4) is 0 Å². The van der Waals surface area contributed by atoms with Crippen molar-refractivity contribution in [2.24, 2.45) is 0 Å². The van der Waals surface area contributed by atoms with Crippen LogP contribution in [0.1, 0.15) is 16.7 Å². The van der Waals surface area contributed by atoms with Gasteiger partial charge in [0.15, 0.2) is 0 Å². The lowest BCUT2D eigenvalue weighted by molar-refractivity contribution is 0.829. The molecule has 0 amide bonds. The average Bonchev–Trinajstić information content (AvgIpc) is 2.40. The number of fused-ring (bicyclic) bond motifs is 1. The average molecular weight is 251 g/mol. The molecular weight excluding hydrogens is 238 g/mol. The van der Waals surface area contributed by atoms with E-state index in [2.05, 4.69) is 36.4 Å². The predicted octanol–water partition coefficient (Wildman–Crippen LogP) is 4.05. The van der Waals surface area contributed by atoms with Crippen LogP contribution in [-0.2, 0) is 12.8 Å². The molecule has 0 radical (unpaired) electrons. The SMILES string of the molecule is CSc1cc(-c2ccccc2)c2c(c1C#N)CC2. The Kier molecular flexibility index (Phi) is 2.85. The summed E-state index contributed by atoms with van der Waals surface area (Å²) in [5.74, 6) is 0. The summed E-state index contributed by atoms with van der Waals surface area (Å²) in [5.41, 5.74) is 6.09. The van der Waals surface area contributed by atoms with Crippen molar-refractivity contribution in [2.75, 3.05) is 6.26 Å². The molecule has 0 aliphatic heterocycles. The van der Waals surface area contributed by atoms with Crippen LogP contribution in [0.5, 0.6) is 0 Å². The molecule has 1 aliphatic rings. The summed E-state index contributed by atoms with van der Waals surface area (Å²) >= 11 is 1.66. The molecule has 88 valence electrons. The first-order valence-electron chi connectivity index (χ1n) is 6.03. The third kappa shape index (κ3) is 1.63. The predicted molar refractivity (Wildman–Crippen MR) is 75.8 cm³/mol. The lowest BCUT2D eigenvalue weighted by atomic mass is 9.80. The molecule has 0 saturated carbocycles. The van der Waals surface area contributed by atoms with Crippen LogP contribution in [0.4, 0.5) is 0 Å². The maximum atomic E-state index is 9.29. The highest BCUT2D eigenvalue weighted by atomic mass is 32.2. The molecule has 0 aromatic heterocycles. The van der Waals surface area contributed by atoms with Gasteiger partial charge in [-0.2, -0.15) is 5.26 Å². The second-order valence-corrected chi connectivity index (χ2v) is 5.28. The van der Waals surface area contributed by atoms with Gasteiger partial charge in [0.05, 0.1) is 5.56 Å². The van der Waals surface area contributed by atoms with E-state index in [1.807, 2.05) is 12.3 Å². The normalized spacial score (nSPS) is 12.4. The molecule has 18 heavy (non-hydrogen) atoms. The van der Waals surface area contributed by atoms with Gasteiger partial charge in [0, 0.05) is 4.90 Å². The van der Waals surface area contributed by atoms with Gasteiger partial charge >= 0.3 is 0 Å². The molecule has 0 bridgehead atoms. The van der Waals surface area contributed by atoms with E-state index in [4.69, 9.17) is 0 Å². The number of nitrogens with zero attached hydrogens (tertiary/aromatic N) is 1. The maximum absolute atomic E-state index is 9.29. The molecule has 0 atom stereocenters. The first kappa shape index (κ1) is 11.4. The zero-order chi connectivity index (χ0) is 12.5. The van der Waals surface area contributed by atoms with Gasteiger partial charge in [-0.25, -0.2) is 0 Å². The Balaban J connectivity index is 2.24. The Bertz CT molecular complexity index is 638. The molecule has 1 aliphatic carbocycles. The number of thioether (sulfide) groups is 1. The molecule has 0 saturated heterocycles. The van der Waals surface area contributed by atoms with Gasteiger partial charge in [-0.1, -0.05) is 30.3 Å². The molecule has 0 heterocycles. The third-order valence-corrected chi connectivity index (χ3v) is 4.32. The molecule has 2 aromatic carbocycles. The minimum atomic E-state index is 0.892. The molecule has 0 fully saturated rings. The number of benzene rings is 2. The van der Waals surface area contributed by atoms with Gasteiger partial charge < -0.3 is 0 Å². The highest BCUT2D eigenvalue weighted by molar-refractivity contribution is 7.98. The standard InChI is InChI=1S/C16H13NS/c1-18-16-9-14(11-5-3-2-4-6-11)12-7-8-13(12)15(16)10-17/h2-6,9H,7-8H2,1H3. The van der Waals surface area contributed by atoms with Crippen LogP contribution in [0, 0.1) is 11.3 Å². The summed E-state index contributed by atoms with van der Waals surface area (Å²) in [4.78, 5) is 1.11. The molecule has 2 heteroatoms. The third-order valence-electron chi connectivity index (χ3n) is 3.55. The number of hydrogen-bond acceptors (Lipinski definition) is 2. The van der Waals surface area contributed by atoms with Gasteiger partial charge in [-0.3, -0.25) is 0 Å². The Labute approximate surface area is 111 Å². The van der Waals surface area contributed by atoms with Crippen molar-refractivity contribution in [3.63, 3.8) is 0 Å². The number of hydrogen-bond donors (Lipinski definition) is 0. The van der Waals surface area contributed by atoms with Crippen LogP contribution in [0.15, 0.2) is 41.3 Å². The summed E-state index contributed by atoms with van der Waals surface area (Å²) in [5, 5.41) is 9.29. The Morgan fingerprint density at radius 1 is 1.11 bits per heavy atom. The van der Waals surface area contributed by atoms with Crippen molar-refractivity contribution in [2.45, 2.75) is 17.7 Å². The fraction of sp³-hybridized carbons (Fsp3) is 0.188. The van der Waals surface area contributed by atoms with E-state index in [1.54, 1.807) is 11.8 Å². The molecule has 0 N–H and O–H groups in total. The largest absolute Gasteiger partial charge is 0.192 e. The van der Waals surface area contributed by atoms with Gasteiger partial charge in [0.25, 0.3) is 0 Å². The fourth-order valence-corrected chi connectivity index (χ4v) is 3.15. The minimum absolute atomic E-state index is 0.892. The number of nitriles is 1. The van der Waals surface area contributed by atoms with Gasteiger partial charge in [0.2, 0.25) is 0 Å². The van der Waals surface area contributed by atoms with Crippen molar-refractivity contribution >= 4 is 11.8 Å². The first-order chi connectivity index (χ1) is 8.85. The van der Waals surface area contributed by atoms with Crippen molar-refractivity contribution in [1.82, 2.24) is 0 Å². The van der Waals surface area contributed by atoms with Crippen LogP contribution in [0.25, 0.3) is 11.1 Å². The molecule has 0 unspecified atom stereocenters. The first-order valence-corrected chi connectivity index (χ1v) is 7.26. The van der Waals surface area contributed by atoms with E-state index in [1.165, 1.54) is 22.3 Å². The van der Waals surface area contributed by atoms with Crippen LogP contribution in [0.2, 0.25) is 0 Å². The van der Waals surface area contributed by atoms with Crippen LogP contribution >= 0.6 is 11.8 Å². The van der Waals surface area contributed by atoms with Crippen LogP contribution in [-0.4, -0.2) is 6.26 Å². The van der Waals surface area contributed by atoms with E-state index in [9.17, 15) is 5.26 Å². The van der Waals surface area contributed by atoms with Crippen molar-refractivity contribution in [3.05, 3.63) is 53.1 Å². The quantitative estimate of drug-likeness (QED) is 0.752. The van der Waals surface area contributed by atoms with Crippen molar-refractivity contribution in [3.8, 4) is 17.2 Å². The smallest absolute Gasteiger partial charge is 0.101 e. The lowest BCUT2D eigenvalue weighted by Gasteiger charge is -2.25. The zero-order valence-electron chi connectivity index (χ0n) is 10.2. The minimum Gasteiger partial charge on any atom is -0.192 e. The summed E-state index contributed by atoms with van der Waals surface area (Å²) in [6, 6.07) is 15.0. The van der Waals surface area contributed by atoms with Gasteiger partial charge in [-0.15, -0.1) is 11.8 Å². The monoisotopic (exact) mass is 251 g/mol.